The molecule has 1 aromatic carbocycles. The molecule has 0 aliphatic carbocycles. The van der Waals surface area contributed by atoms with E-state index in [0.29, 0.717) is 5.95 Å². The van der Waals surface area contributed by atoms with Crippen molar-refractivity contribution < 1.29 is 4.79 Å². The third kappa shape index (κ3) is 3.25. The number of carbonyl (C=O) groups is 1. The molecule has 5 nitrogen and oxygen atoms in total. The first kappa shape index (κ1) is 16.8. The third-order valence-electron chi connectivity index (χ3n) is 4.16. The normalized spacial score (nSPS) is 15.5. The third-order valence-corrected chi connectivity index (χ3v) is 4.16. The summed E-state index contributed by atoms with van der Waals surface area (Å²) in [6, 6.07) is 6.21. The van der Waals surface area contributed by atoms with Gasteiger partial charge in [0.15, 0.2) is 0 Å². The molecule has 0 radical (unpaired) electrons. The van der Waals surface area contributed by atoms with Crippen molar-refractivity contribution >= 4 is 35.3 Å². The van der Waals surface area contributed by atoms with E-state index in [0.717, 1.165) is 43.5 Å². The fraction of sp³-hybridized carbons (Fsp3) is 0.500. The summed E-state index contributed by atoms with van der Waals surface area (Å²) in [6.07, 6.45) is 1.80. The van der Waals surface area contributed by atoms with E-state index in [-0.39, 0.29) is 24.2 Å². The standard InChI is InChI=1S/C16H22N4O.ClH/c1-3-20-14-5-4-11(2)10-13(14)18-16(20)19-15(21)12-6-8-17-9-7-12;/h4-5,10,12,17H,3,6-9H2,1-2H3,(H,18,19,21);1H. The second kappa shape index (κ2) is 7.11. The zero-order valence-corrected chi connectivity index (χ0v) is 13.9. The van der Waals surface area contributed by atoms with E-state index >= 15 is 0 Å². The number of benzene rings is 1. The highest BCUT2D eigenvalue weighted by molar-refractivity contribution is 5.93. The number of nitrogens with one attached hydrogen (secondary N) is 2. The number of fused-ring (bicyclic) bond motifs is 1. The van der Waals surface area contributed by atoms with Crippen LogP contribution in [0.2, 0.25) is 0 Å². The lowest BCUT2D eigenvalue weighted by Gasteiger charge is -2.21. The summed E-state index contributed by atoms with van der Waals surface area (Å²) in [5.74, 6) is 0.859. The SMILES string of the molecule is CCn1c(NC(=O)C2CCNCC2)nc2cc(C)ccc21.Cl. The van der Waals surface area contributed by atoms with Crippen LogP contribution in [0.15, 0.2) is 18.2 Å². The Balaban J connectivity index is 0.00000176. The first-order valence-electron chi connectivity index (χ1n) is 7.67. The maximum atomic E-state index is 12.4. The van der Waals surface area contributed by atoms with Crippen molar-refractivity contribution in [3.05, 3.63) is 23.8 Å². The van der Waals surface area contributed by atoms with Crippen molar-refractivity contribution in [3.8, 4) is 0 Å². The molecule has 1 amide bonds. The van der Waals surface area contributed by atoms with Gasteiger partial charge in [-0.3, -0.25) is 10.1 Å². The Kier molecular flexibility index (Phi) is 5.42. The predicted molar refractivity (Wildman–Crippen MR) is 91.6 cm³/mol. The van der Waals surface area contributed by atoms with Gasteiger partial charge in [0.2, 0.25) is 11.9 Å². The Morgan fingerprint density at radius 3 is 2.82 bits per heavy atom. The second-order valence-corrected chi connectivity index (χ2v) is 5.69. The van der Waals surface area contributed by atoms with Crippen LogP contribution in [0.4, 0.5) is 5.95 Å². The molecular weight excluding hydrogens is 300 g/mol. The fourth-order valence-corrected chi connectivity index (χ4v) is 2.95. The molecule has 22 heavy (non-hydrogen) atoms. The number of imidazole rings is 1. The first-order chi connectivity index (χ1) is 10.2. The number of nitrogens with zero attached hydrogens (tertiary/aromatic N) is 2. The number of piperidine rings is 1. The Hall–Kier alpha value is -1.59. The average Bonchev–Trinajstić information content (AvgIpc) is 2.84. The molecule has 6 heteroatoms. The van der Waals surface area contributed by atoms with Crippen molar-refractivity contribution in [3.63, 3.8) is 0 Å². The van der Waals surface area contributed by atoms with Gasteiger partial charge < -0.3 is 9.88 Å². The monoisotopic (exact) mass is 322 g/mol. The van der Waals surface area contributed by atoms with Crippen LogP contribution >= 0.6 is 12.4 Å². The van der Waals surface area contributed by atoms with Crippen LogP contribution in [-0.4, -0.2) is 28.5 Å². The van der Waals surface area contributed by atoms with Gasteiger partial charge in [-0.2, -0.15) is 0 Å². The van der Waals surface area contributed by atoms with Crippen LogP contribution in [-0.2, 0) is 11.3 Å². The van der Waals surface area contributed by atoms with Gasteiger partial charge in [0.05, 0.1) is 11.0 Å². The highest BCUT2D eigenvalue weighted by atomic mass is 35.5. The van der Waals surface area contributed by atoms with Crippen LogP contribution in [0.5, 0.6) is 0 Å². The molecule has 3 rings (SSSR count). The molecular formula is C16H23ClN4O. The summed E-state index contributed by atoms with van der Waals surface area (Å²) < 4.78 is 2.06. The number of halogens is 1. The summed E-state index contributed by atoms with van der Waals surface area (Å²) in [4.78, 5) is 17.0. The van der Waals surface area contributed by atoms with Crippen LogP contribution < -0.4 is 10.6 Å². The van der Waals surface area contributed by atoms with E-state index in [1.165, 1.54) is 5.56 Å². The van der Waals surface area contributed by atoms with Gasteiger partial charge in [0.1, 0.15) is 0 Å². The number of hydrogen-bond donors (Lipinski definition) is 2. The Labute approximate surface area is 136 Å². The van der Waals surface area contributed by atoms with Crippen LogP contribution in [0.1, 0.15) is 25.3 Å². The number of rotatable bonds is 3. The number of amides is 1. The van der Waals surface area contributed by atoms with Crippen molar-refractivity contribution in [2.75, 3.05) is 18.4 Å². The molecule has 1 aliphatic rings. The van der Waals surface area contributed by atoms with Gasteiger partial charge >= 0.3 is 0 Å². The van der Waals surface area contributed by atoms with E-state index in [2.05, 4.69) is 52.2 Å². The molecule has 0 bridgehead atoms. The number of hydrogen-bond acceptors (Lipinski definition) is 3. The zero-order valence-electron chi connectivity index (χ0n) is 13.1. The topological polar surface area (TPSA) is 59.0 Å². The minimum atomic E-state index is 0. The molecule has 1 fully saturated rings. The Bertz CT molecular complexity index is 661. The van der Waals surface area contributed by atoms with Crippen molar-refractivity contribution in [1.82, 2.24) is 14.9 Å². The summed E-state index contributed by atoms with van der Waals surface area (Å²) in [7, 11) is 0. The second-order valence-electron chi connectivity index (χ2n) is 5.69. The molecule has 1 aliphatic heterocycles. The lowest BCUT2D eigenvalue weighted by Crippen LogP contribution is -2.35. The van der Waals surface area contributed by atoms with E-state index in [4.69, 9.17) is 0 Å². The molecule has 2 N–H and O–H groups in total. The van der Waals surface area contributed by atoms with E-state index < -0.39 is 0 Å². The lowest BCUT2D eigenvalue weighted by atomic mass is 9.97. The highest BCUT2D eigenvalue weighted by Gasteiger charge is 2.22. The smallest absolute Gasteiger partial charge is 0.229 e. The van der Waals surface area contributed by atoms with Crippen LogP contribution in [0.3, 0.4) is 0 Å². The maximum Gasteiger partial charge on any atom is 0.229 e. The van der Waals surface area contributed by atoms with Gasteiger partial charge in [0.25, 0.3) is 0 Å². The average molecular weight is 323 g/mol. The molecule has 0 atom stereocenters. The van der Waals surface area contributed by atoms with Gasteiger partial charge in [-0.15, -0.1) is 12.4 Å². The largest absolute Gasteiger partial charge is 0.317 e. The van der Waals surface area contributed by atoms with E-state index in [9.17, 15) is 4.79 Å². The Morgan fingerprint density at radius 1 is 1.41 bits per heavy atom. The molecule has 0 unspecified atom stereocenters. The number of anilines is 1. The minimum Gasteiger partial charge on any atom is -0.317 e. The van der Waals surface area contributed by atoms with Gasteiger partial charge in [-0.1, -0.05) is 6.07 Å². The molecule has 1 aromatic heterocycles. The molecule has 1 saturated heterocycles. The number of aromatic nitrogens is 2. The fourth-order valence-electron chi connectivity index (χ4n) is 2.95. The maximum absolute atomic E-state index is 12.4. The van der Waals surface area contributed by atoms with E-state index in [1.807, 2.05) is 0 Å². The quantitative estimate of drug-likeness (QED) is 0.913. The summed E-state index contributed by atoms with van der Waals surface area (Å²) in [6.45, 7) is 6.75. The van der Waals surface area contributed by atoms with Crippen molar-refractivity contribution in [2.45, 2.75) is 33.2 Å². The van der Waals surface area contributed by atoms with Crippen LogP contribution in [0.25, 0.3) is 11.0 Å². The number of carbonyl (C=O) groups excluding carboxylic acids is 1. The zero-order chi connectivity index (χ0) is 14.8. The lowest BCUT2D eigenvalue weighted by molar-refractivity contribution is -0.120. The van der Waals surface area contributed by atoms with Crippen molar-refractivity contribution in [2.24, 2.45) is 5.92 Å². The van der Waals surface area contributed by atoms with E-state index in [1.54, 1.807) is 0 Å². The molecule has 120 valence electrons. The summed E-state index contributed by atoms with van der Waals surface area (Å²) in [5, 5.41) is 6.31. The summed E-state index contributed by atoms with van der Waals surface area (Å²) >= 11 is 0. The van der Waals surface area contributed by atoms with Crippen molar-refractivity contribution in [1.29, 1.82) is 0 Å². The predicted octanol–water partition coefficient (Wildman–Crippen LogP) is 2.72. The number of aryl methyl sites for hydroxylation is 2. The van der Waals surface area contributed by atoms with Gasteiger partial charge in [0, 0.05) is 12.5 Å². The molecule has 2 heterocycles. The minimum absolute atomic E-state index is 0. The molecule has 0 spiro atoms. The Morgan fingerprint density at radius 2 is 2.14 bits per heavy atom. The molecule has 0 saturated carbocycles. The van der Waals surface area contributed by atoms with Crippen LogP contribution in [0, 0.1) is 12.8 Å². The van der Waals surface area contributed by atoms with Gasteiger partial charge in [-0.25, -0.2) is 4.98 Å². The highest BCUT2D eigenvalue weighted by Crippen LogP contribution is 2.22. The van der Waals surface area contributed by atoms with Gasteiger partial charge in [-0.05, 0) is 57.5 Å². The molecule has 2 aromatic rings. The summed E-state index contributed by atoms with van der Waals surface area (Å²) in [5.41, 5.74) is 3.20. The first-order valence-corrected chi connectivity index (χ1v) is 7.67.